The van der Waals surface area contributed by atoms with Crippen LogP contribution in [0.15, 0.2) is 18.2 Å². The van der Waals surface area contributed by atoms with Crippen LogP contribution in [-0.4, -0.2) is 12.7 Å². The summed E-state index contributed by atoms with van der Waals surface area (Å²) in [6.45, 7) is 5.40. The lowest BCUT2D eigenvalue weighted by molar-refractivity contribution is 0.628. The SMILES string of the molecule is Cc1c(Cl)cccc1NC1CC(C)CN1. The molecule has 0 aliphatic carbocycles. The minimum Gasteiger partial charge on any atom is -0.370 e. The van der Waals surface area contributed by atoms with Gasteiger partial charge in [-0.05, 0) is 43.5 Å². The molecule has 1 aliphatic rings. The number of rotatable bonds is 2. The maximum Gasteiger partial charge on any atom is 0.0771 e. The van der Waals surface area contributed by atoms with Crippen LogP contribution in [0.1, 0.15) is 18.9 Å². The number of benzene rings is 1. The van der Waals surface area contributed by atoms with Gasteiger partial charge in [0, 0.05) is 10.7 Å². The lowest BCUT2D eigenvalue weighted by atomic mass is 10.1. The maximum absolute atomic E-state index is 6.07. The summed E-state index contributed by atoms with van der Waals surface area (Å²) in [5.41, 5.74) is 2.26. The Morgan fingerprint density at radius 2 is 2.27 bits per heavy atom. The van der Waals surface area contributed by atoms with E-state index in [0.29, 0.717) is 6.17 Å². The largest absolute Gasteiger partial charge is 0.370 e. The molecule has 1 aromatic rings. The van der Waals surface area contributed by atoms with Crippen LogP contribution in [0.3, 0.4) is 0 Å². The molecule has 0 amide bonds. The summed E-state index contributed by atoms with van der Waals surface area (Å²) in [6, 6.07) is 5.98. The lowest BCUT2D eigenvalue weighted by Crippen LogP contribution is -2.30. The van der Waals surface area contributed by atoms with Gasteiger partial charge in [-0.25, -0.2) is 0 Å². The summed E-state index contributed by atoms with van der Waals surface area (Å²) in [4.78, 5) is 0. The van der Waals surface area contributed by atoms with Gasteiger partial charge in [0.2, 0.25) is 0 Å². The normalized spacial score (nSPS) is 25.5. The Kier molecular flexibility index (Phi) is 3.17. The molecule has 2 nitrogen and oxygen atoms in total. The molecular formula is C12H17ClN2. The third kappa shape index (κ3) is 2.44. The number of nitrogens with one attached hydrogen (secondary N) is 2. The number of hydrogen-bond donors (Lipinski definition) is 2. The van der Waals surface area contributed by atoms with Gasteiger partial charge in [-0.15, -0.1) is 0 Å². The van der Waals surface area contributed by atoms with Crippen LogP contribution >= 0.6 is 11.6 Å². The van der Waals surface area contributed by atoms with E-state index in [9.17, 15) is 0 Å². The van der Waals surface area contributed by atoms with Gasteiger partial charge in [0.1, 0.15) is 0 Å². The molecular weight excluding hydrogens is 208 g/mol. The summed E-state index contributed by atoms with van der Waals surface area (Å²) < 4.78 is 0. The first-order valence-electron chi connectivity index (χ1n) is 5.42. The van der Waals surface area contributed by atoms with Crippen LogP contribution in [-0.2, 0) is 0 Å². The van der Waals surface area contributed by atoms with Gasteiger partial charge in [0.15, 0.2) is 0 Å². The highest BCUT2D eigenvalue weighted by molar-refractivity contribution is 6.31. The maximum atomic E-state index is 6.07. The van der Waals surface area contributed by atoms with Crippen LogP contribution in [0, 0.1) is 12.8 Å². The molecule has 0 aromatic heterocycles. The summed E-state index contributed by atoms with van der Waals surface area (Å²) in [7, 11) is 0. The number of halogens is 1. The molecule has 0 radical (unpaired) electrons. The van der Waals surface area contributed by atoms with E-state index in [2.05, 4.69) is 23.6 Å². The molecule has 82 valence electrons. The second-order valence-corrected chi connectivity index (χ2v) is 4.77. The fourth-order valence-electron chi connectivity index (χ4n) is 1.97. The van der Waals surface area contributed by atoms with Crippen molar-refractivity contribution in [2.45, 2.75) is 26.4 Å². The van der Waals surface area contributed by atoms with Gasteiger partial charge >= 0.3 is 0 Å². The Labute approximate surface area is 96.0 Å². The van der Waals surface area contributed by atoms with E-state index in [1.165, 1.54) is 6.42 Å². The second kappa shape index (κ2) is 4.42. The minimum absolute atomic E-state index is 0.386. The van der Waals surface area contributed by atoms with Gasteiger partial charge in [0.05, 0.1) is 6.17 Å². The number of anilines is 1. The molecule has 2 unspecified atom stereocenters. The molecule has 1 fully saturated rings. The highest BCUT2D eigenvalue weighted by atomic mass is 35.5. The van der Waals surface area contributed by atoms with Crippen molar-refractivity contribution in [3.05, 3.63) is 28.8 Å². The molecule has 1 aromatic carbocycles. The van der Waals surface area contributed by atoms with Gasteiger partial charge < -0.3 is 5.32 Å². The fourth-order valence-corrected chi connectivity index (χ4v) is 2.15. The Balaban J connectivity index is 2.07. The van der Waals surface area contributed by atoms with Crippen molar-refractivity contribution >= 4 is 17.3 Å². The van der Waals surface area contributed by atoms with Crippen molar-refractivity contribution in [3.8, 4) is 0 Å². The smallest absolute Gasteiger partial charge is 0.0771 e. The quantitative estimate of drug-likeness (QED) is 0.807. The molecule has 0 spiro atoms. The van der Waals surface area contributed by atoms with E-state index in [1.54, 1.807) is 0 Å². The van der Waals surface area contributed by atoms with Gasteiger partial charge in [-0.2, -0.15) is 0 Å². The van der Waals surface area contributed by atoms with Crippen LogP contribution < -0.4 is 10.6 Å². The highest BCUT2D eigenvalue weighted by Gasteiger charge is 2.20. The first-order chi connectivity index (χ1) is 7.16. The predicted molar refractivity (Wildman–Crippen MR) is 65.4 cm³/mol. The summed E-state index contributed by atoms with van der Waals surface area (Å²) in [6.07, 6.45) is 1.56. The van der Waals surface area contributed by atoms with Crippen LogP contribution in [0.4, 0.5) is 5.69 Å². The third-order valence-corrected chi connectivity index (χ3v) is 3.36. The Morgan fingerprint density at radius 3 is 2.93 bits per heavy atom. The molecule has 1 aliphatic heterocycles. The third-order valence-electron chi connectivity index (χ3n) is 2.95. The van der Waals surface area contributed by atoms with Crippen molar-refractivity contribution in [2.75, 3.05) is 11.9 Å². The average molecular weight is 225 g/mol. The highest BCUT2D eigenvalue weighted by Crippen LogP contribution is 2.25. The second-order valence-electron chi connectivity index (χ2n) is 4.36. The topological polar surface area (TPSA) is 24.1 Å². The number of hydrogen-bond acceptors (Lipinski definition) is 2. The lowest BCUT2D eigenvalue weighted by Gasteiger charge is -2.16. The summed E-state index contributed by atoms with van der Waals surface area (Å²) in [5.74, 6) is 0.752. The summed E-state index contributed by atoms with van der Waals surface area (Å²) >= 11 is 6.07. The van der Waals surface area contributed by atoms with Crippen LogP contribution in [0.25, 0.3) is 0 Å². The Hall–Kier alpha value is -0.730. The van der Waals surface area contributed by atoms with Gasteiger partial charge in [0.25, 0.3) is 0 Å². The molecule has 0 saturated carbocycles. The average Bonchev–Trinajstić information content (AvgIpc) is 2.59. The molecule has 3 heteroatoms. The fraction of sp³-hybridized carbons (Fsp3) is 0.500. The predicted octanol–water partition coefficient (Wildman–Crippen LogP) is 3.02. The van der Waals surface area contributed by atoms with Gasteiger partial charge in [-0.3, -0.25) is 5.32 Å². The molecule has 2 N–H and O–H groups in total. The van der Waals surface area contributed by atoms with Crippen LogP contribution in [0.5, 0.6) is 0 Å². The van der Waals surface area contributed by atoms with Crippen molar-refractivity contribution in [1.82, 2.24) is 5.32 Å². The first kappa shape index (κ1) is 10.8. The molecule has 0 bridgehead atoms. The van der Waals surface area contributed by atoms with E-state index in [-0.39, 0.29) is 0 Å². The molecule has 1 heterocycles. The first-order valence-corrected chi connectivity index (χ1v) is 5.79. The monoisotopic (exact) mass is 224 g/mol. The summed E-state index contributed by atoms with van der Waals surface area (Å²) in [5, 5.41) is 7.76. The minimum atomic E-state index is 0.386. The zero-order valence-electron chi connectivity index (χ0n) is 9.18. The molecule has 1 saturated heterocycles. The Bertz CT molecular complexity index is 351. The van der Waals surface area contributed by atoms with Crippen molar-refractivity contribution in [2.24, 2.45) is 5.92 Å². The van der Waals surface area contributed by atoms with Crippen molar-refractivity contribution in [3.63, 3.8) is 0 Å². The van der Waals surface area contributed by atoms with E-state index in [4.69, 9.17) is 11.6 Å². The Morgan fingerprint density at radius 1 is 1.47 bits per heavy atom. The van der Waals surface area contributed by atoms with E-state index in [0.717, 1.165) is 28.7 Å². The zero-order chi connectivity index (χ0) is 10.8. The molecule has 2 atom stereocenters. The van der Waals surface area contributed by atoms with E-state index < -0.39 is 0 Å². The van der Waals surface area contributed by atoms with E-state index >= 15 is 0 Å². The standard InChI is InChI=1S/C12H17ClN2/c1-8-6-12(14-7-8)15-11-5-3-4-10(13)9(11)2/h3-5,8,12,14-15H,6-7H2,1-2H3. The molecule has 15 heavy (non-hydrogen) atoms. The van der Waals surface area contributed by atoms with Gasteiger partial charge in [-0.1, -0.05) is 24.6 Å². The van der Waals surface area contributed by atoms with Crippen molar-refractivity contribution in [1.29, 1.82) is 0 Å². The van der Waals surface area contributed by atoms with E-state index in [1.807, 2.05) is 19.1 Å². The van der Waals surface area contributed by atoms with Crippen LogP contribution in [0.2, 0.25) is 5.02 Å². The molecule has 2 rings (SSSR count). The van der Waals surface area contributed by atoms with Crippen molar-refractivity contribution < 1.29 is 0 Å². The zero-order valence-corrected chi connectivity index (χ0v) is 9.93.